The Labute approximate surface area is 162 Å². The van der Waals surface area contributed by atoms with Crippen LogP contribution in [0.4, 0.5) is 0 Å². The molecule has 0 saturated heterocycles. The number of aromatic hydroxyl groups is 1. The third kappa shape index (κ3) is 11.3. The maximum absolute atomic E-state index is 11.6. The average molecular weight is 382 g/mol. The van der Waals surface area contributed by atoms with E-state index in [1.807, 2.05) is 6.92 Å². The summed E-state index contributed by atoms with van der Waals surface area (Å²) in [6, 6.07) is 5.81. The summed E-state index contributed by atoms with van der Waals surface area (Å²) in [5.41, 5.74) is 5.21. The van der Waals surface area contributed by atoms with Crippen LogP contribution in [0.25, 0.3) is 0 Å². The minimum absolute atomic E-state index is 0.0671. The van der Waals surface area contributed by atoms with Crippen molar-refractivity contribution in [3.05, 3.63) is 29.8 Å². The number of benzene rings is 1. The van der Waals surface area contributed by atoms with Crippen LogP contribution in [-0.2, 0) is 9.53 Å². The Balaban J connectivity index is 0.000000569. The molecule has 1 unspecified atom stereocenters. The van der Waals surface area contributed by atoms with Crippen molar-refractivity contribution in [2.75, 3.05) is 0 Å². The summed E-state index contributed by atoms with van der Waals surface area (Å²) >= 11 is 0. The van der Waals surface area contributed by atoms with E-state index in [0.717, 1.165) is 25.7 Å². The number of esters is 1. The summed E-state index contributed by atoms with van der Waals surface area (Å²) in [6.45, 7) is 6.20. The number of rotatable bonds is 11. The number of carbonyl (C=O) groups excluding carboxylic acids is 1. The number of nitrogens with two attached hydrogens (primary N) is 1. The molecule has 0 aliphatic rings. The topological polar surface area (TPSA) is 110 Å². The Morgan fingerprint density at radius 2 is 1.67 bits per heavy atom. The van der Waals surface area contributed by atoms with Crippen LogP contribution in [0.5, 0.6) is 5.75 Å². The molecule has 0 heterocycles. The van der Waals surface area contributed by atoms with Crippen LogP contribution in [0.2, 0.25) is 0 Å². The van der Waals surface area contributed by atoms with Gasteiger partial charge in [-0.15, -0.1) is 0 Å². The first-order chi connectivity index (χ1) is 12.8. The molecular formula is C21H35NO5. The summed E-state index contributed by atoms with van der Waals surface area (Å²) < 4.78 is 5.37. The molecular weight excluding hydrogens is 346 g/mol. The zero-order valence-electron chi connectivity index (χ0n) is 16.9. The molecule has 0 aromatic heterocycles. The van der Waals surface area contributed by atoms with Gasteiger partial charge in [0.1, 0.15) is 11.3 Å². The largest absolute Gasteiger partial charge is 0.507 e. The summed E-state index contributed by atoms with van der Waals surface area (Å²) in [4.78, 5) is 21.9. The molecule has 4 N–H and O–H groups in total. The van der Waals surface area contributed by atoms with Crippen molar-refractivity contribution < 1.29 is 24.5 Å². The Morgan fingerprint density at radius 3 is 2.15 bits per heavy atom. The number of aromatic carboxylic acids is 1. The Bertz CT molecular complexity index is 561. The van der Waals surface area contributed by atoms with Crippen molar-refractivity contribution in [1.82, 2.24) is 0 Å². The lowest BCUT2D eigenvalue weighted by Gasteiger charge is -2.27. The smallest absolute Gasteiger partial charge is 0.339 e. The number of para-hydroxylation sites is 1. The molecule has 1 rings (SSSR count). The van der Waals surface area contributed by atoms with Gasteiger partial charge in [0.2, 0.25) is 0 Å². The fourth-order valence-corrected chi connectivity index (χ4v) is 2.53. The third-order valence-corrected chi connectivity index (χ3v) is 4.21. The first-order valence-corrected chi connectivity index (χ1v) is 9.81. The van der Waals surface area contributed by atoms with Gasteiger partial charge in [0, 0.05) is 12.8 Å². The van der Waals surface area contributed by atoms with Crippen LogP contribution in [0.3, 0.4) is 0 Å². The van der Waals surface area contributed by atoms with Crippen LogP contribution in [0, 0.1) is 0 Å². The van der Waals surface area contributed by atoms with E-state index < -0.39 is 11.7 Å². The van der Waals surface area contributed by atoms with Crippen LogP contribution in [-0.4, -0.2) is 27.9 Å². The van der Waals surface area contributed by atoms with Crippen LogP contribution >= 0.6 is 0 Å². The second-order valence-electron chi connectivity index (χ2n) is 6.63. The molecule has 0 aliphatic heterocycles. The highest BCUT2D eigenvalue weighted by Gasteiger charge is 2.25. The first kappa shape index (κ1) is 24.9. The molecule has 1 aromatic rings. The Kier molecular flexibility index (Phi) is 13.0. The van der Waals surface area contributed by atoms with Gasteiger partial charge >= 0.3 is 11.9 Å². The fourth-order valence-electron chi connectivity index (χ4n) is 2.53. The molecule has 6 heteroatoms. The fraction of sp³-hybridized carbons (Fsp3) is 0.619. The highest BCUT2D eigenvalue weighted by atomic mass is 16.6. The van der Waals surface area contributed by atoms with Gasteiger partial charge in [0.05, 0.1) is 0 Å². The summed E-state index contributed by atoms with van der Waals surface area (Å²) in [7, 11) is 0. The SMILES string of the molecule is CCCCCCCC(=O)OC(N)(CC)CCC.O=C(O)c1ccccc1O. The van der Waals surface area contributed by atoms with E-state index in [-0.39, 0.29) is 17.3 Å². The zero-order chi connectivity index (χ0) is 20.7. The lowest BCUT2D eigenvalue weighted by Crippen LogP contribution is -2.43. The number of ether oxygens (including phenoxy) is 1. The van der Waals surface area contributed by atoms with E-state index in [1.165, 1.54) is 31.4 Å². The van der Waals surface area contributed by atoms with Crippen molar-refractivity contribution >= 4 is 11.9 Å². The van der Waals surface area contributed by atoms with E-state index in [4.69, 9.17) is 20.7 Å². The third-order valence-electron chi connectivity index (χ3n) is 4.21. The second-order valence-corrected chi connectivity index (χ2v) is 6.63. The van der Waals surface area contributed by atoms with E-state index >= 15 is 0 Å². The molecule has 1 atom stereocenters. The van der Waals surface area contributed by atoms with Gasteiger partial charge < -0.3 is 14.9 Å². The predicted octanol–water partition coefficient (Wildman–Crippen LogP) is 4.85. The normalized spacial score (nSPS) is 12.4. The van der Waals surface area contributed by atoms with Gasteiger partial charge in [0.15, 0.2) is 5.72 Å². The molecule has 0 saturated carbocycles. The second kappa shape index (κ2) is 14.0. The zero-order valence-corrected chi connectivity index (χ0v) is 16.9. The van der Waals surface area contributed by atoms with Gasteiger partial charge in [-0.3, -0.25) is 10.5 Å². The molecule has 0 bridgehead atoms. The molecule has 1 aromatic carbocycles. The van der Waals surface area contributed by atoms with Crippen molar-refractivity contribution in [3.8, 4) is 5.75 Å². The number of hydrogen-bond donors (Lipinski definition) is 3. The summed E-state index contributed by atoms with van der Waals surface area (Å²) in [5.74, 6) is -1.45. The van der Waals surface area contributed by atoms with Crippen LogP contribution < -0.4 is 5.73 Å². The highest BCUT2D eigenvalue weighted by molar-refractivity contribution is 5.90. The minimum Gasteiger partial charge on any atom is -0.507 e. The quantitative estimate of drug-likeness (QED) is 0.287. The van der Waals surface area contributed by atoms with Crippen molar-refractivity contribution in [2.45, 2.75) is 84.3 Å². The van der Waals surface area contributed by atoms with Crippen LogP contribution in [0.15, 0.2) is 24.3 Å². The Morgan fingerprint density at radius 1 is 1.04 bits per heavy atom. The summed E-state index contributed by atoms with van der Waals surface area (Å²) in [6.07, 6.45) is 8.59. The summed E-state index contributed by atoms with van der Waals surface area (Å²) in [5, 5.41) is 17.3. The molecule has 0 amide bonds. The monoisotopic (exact) mass is 381 g/mol. The van der Waals surface area contributed by atoms with E-state index in [2.05, 4.69) is 13.8 Å². The molecule has 0 aliphatic carbocycles. The molecule has 154 valence electrons. The van der Waals surface area contributed by atoms with Crippen molar-refractivity contribution in [1.29, 1.82) is 0 Å². The van der Waals surface area contributed by atoms with Gasteiger partial charge in [-0.25, -0.2) is 4.79 Å². The highest BCUT2D eigenvalue weighted by Crippen LogP contribution is 2.17. The van der Waals surface area contributed by atoms with E-state index in [0.29, 0.717) is 12.8 Å². The lowest BCUT2D eigenvalue weighted by atomic mass is 10.1. The number of carboxylic acids is 1. The van der Waals surface area contributed by atoms with Gasteiger partial charge in [-0.05, 0) is 25.0 Å². The molecule has 6 nitrogen and oxygen atoms in total. The molecule has 0 spiro atoms. The number of unbranched alkanes of at least 4 members (excludes halogenated alkanes) is 4. The first-order valence-electron chi connectivity index (χ1n) is 9.81. The molecule has 0 radical (unpaired) electrons. The lowest BCUT2D eigenvalue weighted by molar-refractivity contribution is -0.160. The molecule has 0 fully saturated rings. The van der Waals surface area contributed by atoms with Crippen LogP contribution in [0.1, 0.15) is 88.9 Å². The average Bonchev–Trinajstić information content (AvgIpc) is 2.62. The molecule has 27 heavy (non-hydrogen) atoms. The Hall–Kier alpha value is -2.08. The standard InChI is InChI=1S/C14H29NO2.C7H6O3/c1-4-7-8-9-10-11-13(16)17-14(15,6-3)12-5-2;8-6-4-2-1-3-5(6)7(9)10/h4-12,15H2,1-3H3;1-4,8H,(H,9,10). The number of phenols is 1. The maximum atomic E-state index is 11.6. The number of carbonyl (C=O) groups is 2. The minimum atomic E-state index is -1.11. The predicted molar refractivity (Wildman–Crippen MR) is 107 cm³/mol. The number of hydrogen-bond acceptors (Lipinski definition) is 5. The van der Waals surface area contributed by atoms with E-state index in [1.54, 1.807) is 12.1 Å². The maximum Gasteiger partial charge on any atom is 0.339 e. The van der Waals surface area contributed by atoms with Gasteiger partial charge in [-0.2, -0.15) is 0 Å². The van der Waals surface area contributed by atoms with E-state index in [9.17, 15) is 9.59 Å². The number of carboxylic acid groups (broad SMARTS) is 1. The van der Waals surface area contributed by atoms with Gasteiger partial charge in [0.25, 0.3) is 0 Å². The van der Waals surface area contributed by atoms with Crippen molar-refractivity contribution in [2.24, 2.45) is 5.73 Å². The van der Waals surface area contributed by atoms with Gasteiger partial charge in [-0.1, -0.05) is 65.0 Å². The van der Waals surface area contributed by atoms with Crippen molar-refractivity contribution in [3.63, 3.8) is 0 Å².